The number of guanidine groups is 1. The number of hydrogen-bond acceptors (Lipinski definition) is 3. The van der Waals surface area contributed by atoms with Crippen molar-refractivity contribution in [3.05, 3.63) is 34.9 Å². The highest BCUT2D eigenvalue weighted by Gasteiger charge is 2.37. The minimum atomic E-state index is -1.47. The van der Waals surface area contributed by atoms with Gasteiger partial charge in [0.15, 0.2) is 29.2 Å². The van der Waals surface area contributed by atoms with Gasteiger partial charge in [0.25, 0.3) is 0 Å². The number of nitrogens with zero attached hydrogens (tertiary/aromatic N) is 2. The number of esters is 1. The van der Waals surface area contributed by atoms with E-state index in [0.717, 1.165) is 0 Å². The minimum Gasteiger partial charge on any atom is -0.469 e. The Morgan fingerprint density at radius 3 is 2.37 bits per heavy atom. The number of ether oxygens (including phenoxy) is 1. The molecule has 1 aromatic rings. The zero-order valence-electron chi connectivity index (χ0n) is 15.2. The summed E-state index contributed by atoms with van der Waals surface area (Å²) in [6.07, 6.45) is 0. The van der Waals surface area contributed by atoms with E-state index in [0.29, 0.717) is 25.6 Å². The Balaban J connectivity index is 0.00000364. The molecule has 0 aliphatic carbocycles. The van der Waals surface area contributed by atoms with Gasteiger partial charge in [0.05, 0.1) is 25.1 Å². The lowest BCUT2D eigenvalue weighted by molar-refractivity contribution is -0.145. The largest absolute Gasteiger partial charge is 0.469 e. The summed E-state index contributed by atoms with van der Waals surface area (Å²) in [4.78, 5) is 17.6. The molecule has 1 fully saturated rings. The Bertz CT molecular complexity index is 692. The number of benzene rings is 1. The number of carbonyl (C=O) groups is 1. The third-order valence-electron chi connectivity index (χ3n) is 4.34. The molecule has 0 amide bonds. The molecular weight excluding hydrogens is 481 g/mol. The van der Waals surface area contributed by atoms with Crippen molar-refractivity contribution < 1.29 is 27.1 Å². The molecule has 1 saturated heterocycles. The van der Waals surface area contributed by atoms with Crippen molar-refractivity contribution in [1.29, 1.82) is 0 Å². The minimum absolute atomic E-state index is 0. The molecule has 1 aliphatic rings. The van der Waals surface area contributed by atoms with Crippen LogP contribution in [0.2, 0.25) is 0 Å². The average molecular weight is 503 g/mol. The van der Waals surface area contributed by atoms with Gasteiger partial charge in [0, 0.05) is 25.7 Å². The van der Waals surface area contributed by atoms with Gasteiger partial charge in [-0.25, -0.2) is 22.6 Å². The summed E-state index contributed by atoms with van der Waals surface area (Å²) in [5, 5.41) is 2.95. The average Bonchev–Trinajstić information content (AvgIpc) is 3.00. The maximum absolute atomic E-state index is 13.8. The van der Waals surface area contributed by atoms with E-state index in [2.05, 4.69) is 10.3 Å². The normalized spacial score (nSPS) is 19.7. The third kappa shape index (κ3) is 5.23. The van der Waals surface area contributed by atoms with Crippen molar-refractivity contribution >= 4 is 35.9 Å². The highest BCUT2D eigenvalue weighted by Crippen LogP contribution is 2.25. The number of rotatable bonds is 4. The Morgan fingerprint density at radius 1 is 1.26 bits per heavy atom. The van der Waals surface area contributed by atoms with E-state index in [9.17, 15) is 22.4 Å². The van der Waals surface area contributed by atoms with Crippen molar-refractivity contribution in [1.82, 2.24) is 10.2 Å². The molecule has 2 unspecified atom stereocenters. The Labute approximate surface area is 172 Å². The van der Waals surface area contributed by atoms with Crippen LogP contribution in [-0.4, -0.2) is 43.6 Å². The molecule has 0 spiro atoms. The first-order valence-electron chi connectivity index (χ1n) is 8.23. The van der Waals surface area contributed by atoms with Gasteiger partial charge < -0.3 is 15.0 Å². The SMILES string of the molecule is CCNC(=NCc1c(F)c(F)cc(F)c1F)N1CC(C)C(C(=O)OC)C1.I. The summed E-state index contributed by atoms with van der Waals surface area (Å²) in [7, 11) is 1.31. The topological polar surface area (TPSA) is 53.9 Å². The molecule has 1 N–H and O–H groups in total. The second kappa shape index (κ2) is 10.1. The molecule has 5 nitrogen and oxygen atoms in total. The molecule has 0 aromatic heterocycles. The monoisotopic (exact) mass is 503 g/mol. The van der Waals surface area contributed by atoms with E-state index >= 15 is 0 Å². The Kier molecular flexibility index (Phi) is 8.76. The molecule has 1 aromatic carbocycles. The lowest BCUT2D eigenvalue weighted by atomic mass is 9.99. The molecule has 27 heavy (non-hydrogen) atoms. The van der Waals surface area contributed by atoms with Crippen molar-refractivity contribution in [2.24, 2.45) is 16.8 Å². The predicted octanol–water partition coefficient (Wildman–Crippen LogP) is 3.07. The second-order valence-corrected chi connectivity index (χ2v) is 6.13. The molecule has 0 radical (unpaired) electrons. The first kappa shape index (κ1) is 23.4. The van der Waals surface area contributed by atoms with Crippen LogP contribution in [0.15, 0.2) is 11.1 Å². The quantitative estimate of drug-likeness (QED) is 0.172. The Hall–Kier alpha value is -1.59. The van der Waals surface area contributed by atoms with Crippen molar-refractivity contribution in [2.45, 2.75) is 20.4 Å². The third-order valence-corrected chi connectivity index (χ3v) is 4.34. The maximum atomic E-state index is 13.8. The van der Waals surface area contributed by atoms with E-state index in [1.165, 1.54) is 7.11 Å². The molecule has 2 rings (SSSR count). The zero-order chi connectivity index (χ0) is 19.4. The van der Waals surface area contributed by atoms with Gasteiger partial charge in [-0.2, -0.15) is 0 Å². The summed E-state index contributed by atoms with van der Waals surface area (Å²) >= 11 is 0. The van der Waals surface area contributed by atoms with Crippen LogP contribution in [0.4, 0.5) is 17.6 Å². The van der Waals surface area contributed by atoms with Crippen LogP contribution in [0, 0.1) is 35.1 Å². The van der Waals surface area contributed by atoms with Crippen LogP contribution in [-0.2, 0) is 16.1 Å². The summed E-state index contributed by atoms with van der Waals surface area (Å²) in [5.74, 6) is -6.29. The zero-order valence-corrected chi connectivity index (χ0v) is 17.5. The summed E-state index contributed by atoms with van der Waals surface area (Å²) < 4.78 is 59.0. The van der Waals surface area contributed by atoms with Gasteiger partial charge in [-0.3, -0.25) is 4.79 Å². The highest BCUT2D eigenvalue weighted by molar-refractivity contribution is 14.0. The fourth-order valence-electron chi connectivity index (χ4n) is 2.94. The molecule has 1 aliphatic heterocycles. The van der Waals surface area contributed by atoms with Crippen LogP contribution < -0.4 is 5.32 Å². The van der Waals surface area contributed by atoms with E-state index in [-0.39, 0.29) is 47.8 Å². The molecule has 0 saturated carbocycles. The van der Waals surface area contributed by atoms with Crippen LogP contribution in [0.25, 0.3) is 0 Å². The molecule has 2 atom stereocenters. The number of hydrogen-bond donors (Lipinski definition) is 1. The standard InChI is InChI=1S/C17H21F4N3O2.HI/c1-4-22-17(24-7-9(2)11(8-24)16(25)26-3)23-6-10-14(20)12(18)5-13(19)15(10)21;/h5,9,11H,4,6-8H2,1-3H3,(H,22,23);1H. The van der Waals surface area contributed by atoms with E-state index in [4.69, 9.17) is 4.74 Å². The van der Waals surface area contributed by atoms with E-state index in [1.54, 1.807) is 11.8 Å². The fraction of sp³-hybridized carbons (Fsp3) is 0.529. The lowest BCUT2D eigenvalue weighted by Crippen LogP contribution is -2.40. The van der Waals surface area contributed by atoms with Crippen molar-refractivity contribution in [3.63, 3.8) is 0 Å². The molecule has 152 valence electrons. The number of nitrogens with one attached hydrogen (secondary N) is 1. The van der Waals surface area contributed by atoms with Gasteiger partial charge in [-0.05, 0) is 12.8 Å². The van der Waals surface area contributed by atoms with Gasteiger partial charge in [0.2, 0.25) is 0 Å². The molecular formula is C17H22F4IN3O2. The lowest BCUT2D eigenvalue weighted by Gasteiger charge is -2.21. The van der Waals surface area contributed by atoms with Crippen LogP contribution >= 0.6 is 24.0 Å². The predicted molar refractivity (Wildman–Crippen MR) is 103 cm³/mol. The van der Waals surface area contributed by atoms with Gasteiger partial charge in [0.1, 0.15) is 0 Å². The fourth-order valence-corrected chi connectivity index (χ4v) is 2.94. The number of aliphatic imine (C=N–C) groups is 1. The van der Waals surface area contributed by atoms with Gasteiger partial charge in [-0.1, -0.05) is 6.92 Å². The second-order valence-electron chi connectivity index (χ2n) is 6.13. The van der Waals surface area contributed by atoms with Gasteiger partial charge >= 0.3 is 5.97 Å². The molecule has 10 heteroatoms. The Morgan fingerprint density at radius 2 is 1.85 bits per heavy atom. The maximum Gasteiger partial charge on any atom is 0.310 e. The van der Waals surface area contributed by atoms with Gasteiger partial charge in [-0.15, -0.1) is 24.0 Å². The summed E-state index contributed by atoms with van der Waals surface area (Å²) in [6.45, 7) is 4.37. The van der Waals surface area contributed by atoms with E-state index < -0.39 is 35.4 Å². The summed E-state index contributed by atoms with van der Waals surface area (Å²) in [6, 6.07) is 0.159. The van der Waals surface area contributed by atoms with Crippen molar-refractivity contribution in [2.75, 3.05) is 26.7 Å². The number of carbonyl (C=O) groups excluding carboxylic acids is 1. The first-order valence-corrected chi connectivity index (χ1v) is 8.23. The van der Waals surface area contributed by atoms with Crippen LogP contribution in [0.3, 0.4) is 0 Å². The smallest absolute Gasteiger partial charge is 0.310 e. The molecule has 0 bridgehead atoms. The number of halogens is 5. The molecule has 1 heterocycles. The number of methoxy groups -OCH3 is 1. The highest BCUT2D eigenvalue weighted by atomic mass is 127. The first-order chi connectivity index (χ1) is 12.3. The number of likely N-dealkylation sites (tertiary alicyclic amines) is 1. The summed E-state index contributed by atoms with van der Waals surface area (Å²) in [5.41, 5.74) is -0.783. The van der Waals surface area contributed by atoms with Crippen LogP contribution in [0.1, 0.15) is 19.4 Å². The van der Waals surface area contributed by atoms with E-state index in [1.807, 2.05) is 6.92 Å². The van der Waals surface area contributed by atoms with Crippen LogP contribution in [0.5, 0.6) is 0 Å². The van der Waals surface area contributed by atoms with Crippen molar-refractivity contribution in [3.8, 4) is 0 Å².